The van der Waals surface area contributed by atoms with Crippen molar-refractivity contribution >= 4 is 5.97 Å². The van der Waals surface area contributed by atoms with Gasteiger partial charge in [0.25, 0.3) is 0 Å². The van der Waals surface area contributed by atoms with Crippen LogP contribution in [0.2, 0.25) is 0 Å². The minimum Gasteiger partial charge on any atom is -0.508 e. The molecule has 0 heterocycles. The zero-order valence-electron chi connectivity index (χ0n) is 21.5. The van der Waals surface area contributed by atoms with Crippen LogP contribution in [0.15, 0.2) is 18.2 Å². The van der Waals surface area contributed by atoms with Gasteiger partial charge < -0.3 is 9.84 Å². The maximum atomic E-state index is 12.0. The first-order valence-electron chi connectivity index (χ1n) is 13.3. The molecule has 0 saturated carbocycles. The Morgan fingerprint density at radius 1 is 0.812 bits per heavy atom. The molecule has 1 aromatic carbocycles. The Morgan fingerprint density at radius 2 is 1.31 bits per heavy atom. The van der Waals surface area contributed by atoms with Gasteiger partial charge in [0.05, 0.1) is 6.61 Å². The molecule has 1 aromatic rings. The maximum absolute atomic E-state index is 12.0. The van der Waals surface area contributed by atoms with Crippen LogP contribution >= 0.6 is 0 Å². The molecular formula is C29H50O3. The van der Waals surface area contributed by atoms with E-state index in [1.54, 1.807) is 6.07 Å². The summed E-state index contributed by atoms with van der Waals surface area (Å²) in [5.74, 6) is 0.201. The van der Waals surface area contributed by atoms with Gasteiger partial charge in [0, 0.05) is 6.42 Å². The van der Waals surface area contributed by atoms with Crippen molar-refractivity contribution in [2.24, 2.45) is 0 Å². The SMILES string of the molecule is CCCCCCCCCCCCCCCCOC(=O)CCc1ccc(O)c(C(C)(C)C)c1. The third kappa shape index (κ3) is 13.8. The number of ether oxygens (including phenoxy) is 1. The molecule has 32 heavy (non-hydrogen) atoms. The lowest BCUT2D eigenvalue weighted by molar-refractivity contribution is -0.143. The third-order valence-electron chi connectivity index (χ3n) is 6.25. The van der Waals surface area contributed by atoms with E-state index in [4.69, 9.17) is 4.74 Å². The molecule has 1 rings (SSSR count). The van der Waals surface area contributed by atoms with Crippen LogP contribution in [0.4, 0.5) is 0 Å². The van der Waals surface area contributed by atoms with Gasteiger partial charge in [-0.25, -0.2) is 0 Å². The number of benzene rings is 1. The molecule has 0 atom stereocenters. The van der Waals surface area contributed by atoms with Crippen molar-refractivity contribution in [3.05, 3.63) is 29.3 Å². The summed E-state index contributed by atoms with van der Waals surface area (Å²) in [6, 6.07) is 5.64. The number of rotatable bonds is 18. The number of phenols is 1. The summed E-state index contributed by atoms with van der Waals surface area (Å²) in [6.45, 7) is 9.05. The number of carbonyl (C=O) groups excluding carboxylic acids is 1. The Labute approximate surface area is 198 Å². The van der Waals surface area contributed by atoms with Crippen molar-refractivity contribution in [1.82, 2.24) is 0 Å². The average Bonchev–Trinajstić information content (AvgIpc) is 2.75. The zero-order valence-corrected chi connectivity index (χ0v) is 21.5. The normalized spacial score (nSPS) is 11.6. The van der Waals surface area contributed by atoms with Gasteiger partial charge in [-0.1, -0.05) is 123 Å². The number of aromatic hydroxyl groups is 1. The minimum atomic E-state index is -0.120. The molecule has 0 aliphatic heterocycles. The first kappa shape index (κ1) is 28.5. The lowest BCUT2D eigenvalue weighted by atomic mass is 9.85. The molecular weight excluding hydrogens is 396 g/mol. The summed E-state index contributed by atoms with van der Waals surface area (Å²) in [4.78, 5) is 12.0. The van der Waals surface area contributed by atoms with Gasteiger partial charge in [0.1, 0.15) is 5.75 Å². The largest absolute Gasteiger partial charge is 0.508 e. The lowest BCUT2D eigenvalue weighted by Crippen LogP contribution is -2.12. The van der Waals surface area contributed by atoms with E-state index in [0.29, 0.717) is 25.2 Å². The molecule has 0 amide bonds. The monoisotopic (exact) mass is 446 g/mol. The predicted octanol–water partition coefficient (Wildman–Crippen LogP) is 8.65. The maximum Gasteiger partial charge on any atom is 0.306 e. The van der Waals surface area contributed by atoms with E-state index >= 15 is 0 Å². The van der Waals surface area contributed by atoms with Gasteiger partial charge in [-0.05, 0) is 35.4 Å². The van der Waals surface area contributed by atoms with Gasteiger partial charge in [-0.2, -0.15) is 0 Å². The van der Waals surface area contributed by atoms with Gasteiger partial charge >= 0.3 is 5.97 Å². The summed E-state index contributed by atoms with van der Waals surface area (Å²) in [5, 5.41) is 10.1. The Hall–Kier alpha value is -1.51. The molecule has 3 nitrogen and oxygen atoms in total. The Balaban J connectivity index is 1.97. The number of hydrogen-bond acceptors (Lipinski definition) is 3. The smallest absolute Gasteiger partial charge is 0.306 e. The average molecular weight is 447 g/mol. The van der Waals surface area contributed by atoms with Crippen molar-refractivity contribution in [2.75, 3.05) is 6.61 Å². The molecule has 0 spiro atoms. The quantitative estimate of drug-likeness (QED) is 0.181. The number of carbonyl (C=O) groups is 1. The summed E-state index contributed by atoms with van der Waals surface area (Å²) in [5.41, 5.74) is 1.88. The molecule has 0 saturated heterocycles. The van der Waals surface area contributed by atoms with Crippen molar-refractivity contribution in [1.29, 1.82) is 0 Å². The molecule has 0 unspecified atom stereocenters. The highest BCUT2D eigenvalue weighted by molar-refractivity contribution is 5.69. The Kier molecular flexibility index (Phi) is 15.2. The predicted molar refractivity (Wildman–Crippen MR) is 136 cm³/mol. The highest BCUT2D eigenvalue weighted by Gasteiger charge is 2.18. The summed E-state index contributed by atoms with van der Waals surface area (Å²) in [7, 11) is 0. The van der Waals surface area contributed by atoms with Gasteiger partial charge in [-0.15, -0.1) is 0 Å². The van der Waals surface area contributed by atoms with E-state index in [2.05, 4.69) is 27.7 Å². The molecule has 0 aromatic heterocycles. The highest BCUT2D eigenvalue weighted by atomic mass is 16.5. The lowest BCUT2D eigenvalue weighted by Gasteiger charge is -2.21. The fourth-order valence-corrected chi connectivity index (χ4v) is 4.14. The van der Waals surface area contributed by atoms with Crippen molar-refractivity contribution in [2.45, 2.75) is 136 Å². The van der Waals surface area contributed by atoms with Crippen LogP contribution in [0, 0.1) is 0 Å². The standard InChI is InChI=1S/C29H50O3/c1-5-6-7-8-9-10-11-12-13-14-15-16-17-18-23-32-28(31)22-20-25-19-21-27(30)26(24-25)29(2,3)4/h19,21,24,30H,5-18,20,22-23H2,1-4H3. The van der Waals surface area contributed by atoms with Gasteiger partial charge in [0.15, 0.2) is 0 Å². The Bertz CT molecular complexity index is 615. The number of unbranched alkanes of at least 4 members (excludes halogenated alkanes) is 13. The summed E-state index contributed by atoms with van der Waals surface area (Å²) in [6.07, 6.45) is 19.7. The molecule has 1 N–H and O–H groups in total. The van der Waals surface area contributed by atoms with Crippen LogP contribution in [0.3, 0.4) is 0 Å². The topological polar surface area (TPSA) is 46.5 Å². The number of phenolic OH excluding ortho intramolecular Hbond substituents is 1. The van der Waals surface area contributed by atoms with Crippen LogP contribution in [0.1, 0.15) is 135 Å². The van der Waals surface area contributed by atoms with Crippen LogP contribution in [-0.2, 0) is 21.4 Å². The molecule has 184 valence electrons. The second kappa shape index (κ2) is 17.0. The van der Waals surface area contributed by atoms with Crippen molar-refractivity contribution in [3.63, 3.8) is 0 Å². The second-order valence-corrected chi connectivity index (χ2v) is 10.4. The molecule has 0 aliphatic carbocycles. The number of hydrogen-bond donors (Lipinski definition) is 1. The first-order chi connectivity index (χ1) is 15.3. The van der Waals surface area contributed by atoms with Crippen LogP contribution in [0.5, 0.6) is 5.75 Å². The van der Waals surface area contributed by atoms with E-state index in [-0.39, 0.29) is 11.4 Å². The van der Waals surface area contributed by atoms with Gasteiger partial charge in [-0.3, -0.25) is 4.79 Å². The van der Waals surface area contributed by atoms with Crippen LogP contribution < -0.4 is 0 Å². The van der Waals surface area contributed by atoms with Crippen molar-refractivity contribution < 1.29 is 14.6 Å². The third-order valence-corrected chi connectivity index (χ3v) is 6.25. The number of aryl methyl sites for hydroxylation is 1. The minimum absolute atomic E-state index is 0.117. The summed E-state index contributed by atoms with van der Waals surface area (Å²) < 4.78 is 5.40. The van der Waals surface area contributed by atoms with Crippen LogP contribution in [0.25, 0.3) is 0 Å². The highest BCUT2D eigenvalue weighted by Crippen LogP contribution is 2.31. The van der Waals surface area contributed by atoms with E-state index < -0.39 is 0 Å². The van der Waals surface area contributed by atoms with Gasteiger partial charge in [0.2, 0.25) is 0 Å². The molecule has 0 radical (unpaired) electrons. The molecule has 0 fully saturated rings. The van der Waals surface area contributed by atoms with E-state index in [9.17, 15) is 9.90 Å². The molecule has 3 heteroatoms. The van der Waals surface area contributed by atoms with E-state index in [1.807, 2.05) is 12.1 Å². The van der Waals surface area contributed by atoms with Crippen molar-refractivity contribution in [3.8, 4) is 5.75 Å². The first-order valence-corrected chi connectivity index (χ1v) is 13.3. The fourth-order valence-electron chi connectivity index (χ4n) is 4.14. The molecule has 0 bridgehead atoms. The second-order valence-electron chi connectivity index (χ2n) is 10.4. The van der Waals surface area contributed by atoms with Crippen LogP contribution in [-0.4, -0.2) is 17.7 Å². The van der Waals surface area contributed by atoms with E-state index in [0.717, 1.165) is 24.0 Å². The Morgan fingerprint density at radius 3 is 1.81 bits per heavy atom. The summed E-state index contributed by atoms with van der Waals surface area (Å²) >= 11 is 0. The fraction of sp³-hybridized carbons (Fsp3) is 0.759. The van der Waals surface area contributed by atoms with E-state index in [1.165, 1.54) is 77.0 Å². The number of esters is 1. The molecule has 0 aliphatic rings. The zero-order chi connectivity index (χ0) is 23.7.